The maximum atomic E-state index is 11.9. The molecule has 2 aliphatic rings. The number of hydrogen-bond donors (Lipinski definition) is 0. The van der Waals surface area contributed by atoms with Crippen molar-refractivity contribution < 1.29 is 4.79 Å². The van der Waals surface area contributed by atoms with Gasteiger partial charge >= 0.3 is 0 Å². The smallest absolute Gasteiger partial charge is 0.224 e. The number of amides is 1. The summed E-state index contributed by atoms with van der Waals surface area (Å²) in [5.74, 6) is 0.248. The summed E-state index contributed by atoms with van der Waals surface area (Å²) in [6, 6.07) is 0.135. The van der Waals surface area contributed by atoms with Crippen molar-refractivity contribution >= 4 is 33.2 Å². The minimum Gasteiger partial charge on any atom is -0.332 e. The molecular formula is C13H17BrN2OS. The molecule has 2 unspecified atom stereocenters. The van der Waals surface area contributed by atoms with Gasteiger partial charge in [-0.1, -0.05) is 15.9 Å². The Morgan fingerprint density at radius 2 is 2.22 bits per heavy atom. The molecule has 1 saturated heterocycles. The van der Waals surface area contributed by atoms with Crippen LogP contribution in [0.2, 0.25) is 0 Å². The number of hydrogen-bond acceptors (Lipinski definition) is 3. The van der Waals surface area contributed by atoms with Gasteiger partial charge in [0.1, 0.15) is 5.01 Å². The van der Waals surface area contributed by atoms with Gasteiger partial charge in [0.05, 0.1) is 11.7 Å². The van der Waals surface area contributed by atoms with E-state index in [1.54, 1.807) is 0 Å². The third kappa shape index (κ3) is 2.23. The average molecular weight is 329 g/mol. The average Bonchev–Trinajstić information content (AvgIpc) is 2.91. The summed E-state index contributed by atoms with van der Waals surface area (Å²) >= 11 is 5.35. The zero-order chi connectivity index (χ0) is 12.7. The predicted molar refractivity (Wildman–Crippen MR) is 76.2 cm³/mol. The normalized spacial score (nSPS) is 25.3. The van der Waals surface area contributed by atoms with Gasteiger partial charge in [-0.15, -0.1) is 11.3 Å². The van der Waals surface area contributed by atoms with Crippen molar-refractivity contribution in [3.05, 3.63) is 15.6 Å². The van der Waals surface area contributed by atoms with Crippen LogP contribution in [-0.2, 0) is 17.6 Å². The van der Waals surface area contributed by atoms with E-state index >= 15 is 0 Å². The Hall–Kier alpha value is -0.420. The van der Waals surface area contributed by atoms with Gasteiger partial charge in [-0.3, -0.25) is 4.79 Å². The third-order valence-corrected chi connectivity index (χ3v) is 5.74. The van der Waals surface area contributed by atoms with E-state index in [4.69, 9.17) is 4.98 Å². The summed E-state index contributed by atoms with van der Waals surface area (Å²) in [5, 5.41) is 1.12. The van der Waals surface area contributed by atoms with E-state index in [0.717, 1.165) is 18.0 Å². The van der Waals surface area contributed by atoms with Crippen LogP contribution in [0.4, 0.5) is 0 Å². The first-order valence-electron chi connectivity index (χ1n) is 6.57. The van der Waals surface area contributed by atoms with Crippen molar-refractivity contribution in [1.29, 1.82) is 0 Å². The highest BCUT2D eigenvalue weighted by atomic mass is 79.9. The van der Waals surface area contributed by atoms with Crippen LogP contribution in [0.25, 0.3) is 0 Å². The van der Waals surface area contributed by atoms with E-state index in [0.29, 0.717) is 11.2 Å². The maximum Gasteiger partial charge on any atom is 0.224 e. The molecule has 0 bridgehead atoms. The Morgan fingerprint density at radius 1 is 1.44 bits per heavy atom. The molecule has 1 aromatic heterocycles. The monoisotopic (exact) mass is 328 g/mol. The molecule has 1 aliphatic carbocycles. The highest BCUT2D eigenvalue weighted by Gasteiger charge is 2.33. The number of rotatable bonds is 2. The van der Waals surface area contributed by atoms with Crippen LogP contribution in [0.1, 0.15) is 47.8 Å². The summed E-state index contributed by atoms with van der Waals surface area (Å²) < 4.78 is 0. The van der Waals surface area contributed by atoms with Crippen molar-refractivity contribution in [3.63, 3.8) is 0 Å². The first-order valence-corrected chi connectivity index (χ1v) is 8.30. The fourth-order valence-electron chi connectivity index (χ4n) is 2.74. The molecule has 1 aromatic rings. The molecule has 98 valence electrons. The second kappa shape index (κ2) is 4.93. The van der Waals surface area contributed by atoms with Crippen molar-refractivity contribution in [1.82, 2.24) is 9.88 Å². The van der Waals surface area contributed by atoms with Gasteiger partial charge in [-0.05, 0) is 32.6 Å². The second-order valence-corrected chi connectivity index (χ2v) is 7.56. The lowest BCUT2D eigenvalue weighted by molar-refractivity contribution is -0.129. The number of alkyl halides is 1. The van der Waals surface area contributed by atoms with Gasteiger partial charge in [0.15, 0.2) is 0 Å². The molecule has 3 rings (SSSR count). The first kappa shape index (κ1) is 12.6. The summed E-state index contributed by atoms with van der Waals surface area (Å²) in [6.45, 7) is 2.91. The molecular weight excluding hydrogens is 312 g/mol. The molecule has 0 radical (unpaired) electrons. The Kier molecular flexibility index (Phi) is 3.45. The van der Waals surface area contributed by atoms with Crippen LogP contribution in [0.5, 0.6) is 0 Å². The zero-order valence-corrected chi connectivity index (χ0v) is 12.9. The van der Waals surface area contributed by atoms with Crippen molar-refractivity contribution in [3.8, 4) is 0 Å². The topological polar surface area (TPSA) is 33.2 Å². The summed E-state index contributed by atoms with van der Waals surface area (Å²) in [5.41, 5.74) is 1.29. The number of nitrogens with zero attached hydrogens (tertiary/aromatic N) is 2. The molecule has 18 heavy (non-hydrogen) atoms. The van der Waals surface area contributed by atoms with Gasteiger partial charge in [0.2, 0.25) is 5.91 Å². The number of aryl methyl sites for hydroxylation is 2. The Balaban J connectivity index is 1.81. The lowest BCUT2D eigenvalue weighted by Gasteiger charge is -2.22. The molecule has 2 atom stereocenters. The van der Waals surface area contributed by atoms with Crippen molar-refractivity contribution in [2.24, 2.45) is 0 Å². The van der Waals surface area contributed by atoms with Gasteiger partial charge in [0, 0.05) is 22.7 Å². The van der Waals surface area contributed by atoms with Gasteiger partial charge in [-0.25, -0.2) is 4.98 Å². The van der Waals surface area contributed by atoms with Gasteiger partial charge in [-0.2, -0.15) is 0 Å². The fourth-order valence-corrected chi connectivity index (χ4v) is 4.55. The molecule has 1 fully saturated rings. The third-order valence-electron chi connectivity index (χ3n) is 3.80. The number of carbonyl (C=O) groups is 1. The van der Waals surface area contributed by atoms with E-state index < -0.39 is 0 Å². The Labute approximate surface area is 120 Å². The van der Waals surface area contributed by atoms with E-state index in [9.17, 15) is 4.79 Å². The van der Waals surface area contributed by atoms with Crippen LogP contribution in [0.15, 0.2) is 0 Å². The first-order chi connectivity index (χ1) is 8.65. The predicted octanol–water partition coefficient (Wildman–Crippen LogP) is 3.08. The summed E-state index contributed by atoms with van der Waals surface area (Å²) in [7, 11) is 0. The molecule has 0 spiro atoms. The molecule has 0 aromatic carbocycles. The molecule has 5 heteroatoms. The van der Waals surface area contributed by atoms with Crippen LogP contribution >= 0.6 is 27.3 Å². The van der Waals surface area contributed by atoms with Crippen molar-refractivity contribution in [2.75, 3.05) is 6.54 Å². The number of likely N-dealkylation sites (tertiary alicyclic amines) is 1. The molecule has 1 aliphatic heterocycles. The maximum absolute atomic E-state index is 11.9. The summed E-state index contributed by atoms with van der Waals surface area (Å²) in [6.07, 6.45) is 5.46. The zero-order valence-electron chi connectivity index (χ0n) is 10.5. The standard InChI is InChI=1S/C13H17BrN2OS/c1-8(16-7-9(14)6-12(16)17)13-15-10-4-2-3-5-11(10)18-13/h8-9H,2-7H2,1H3. The van der Waals surface area contributed by atoms with Crippen LogP contribution in [0.3, 0.4) is 0 Å². The fraction of sp³-hybridized carbons (Fsp3) is 0.692. The summed E-state index contributed by atoms with van der Waals surface area (Å²) in [4.78, 5) is 20.4. The number of thiazole rings is 1. The van der Waals surface area contributed by atoms with E-state index in [1.165, 1.54) is 29.8 Å². The van der Waals surface area contributed by atoms with Gasteiger partial charge < -0.3 is 4.90 Å². The van der Waals surface area contributed by atoms with Crippen molar-refractivity contribution in [2.45, 2.75) is 49.9 Å². The molecule has 1 amide bonds. The number of fused-ring (bicyclic) bond motifs is 1. The second-order valence-electron chi connectivity index (χ2n) is 5.15. The molecule has 3 nitrogen and oxygen atoms in total. The lowest BCUT2D eigenvalue weighted by atomic mass is 10.0. The van der Waals surface area contributed by atoms with Gasteiger partial charge in [0.25, 0.3) is 0 Å². The lowest BCUT2D eigenvalue weighted by Crippen LogP contribution is -2.28. The van der Waals surface area contributed by atoms with Crippen LogP contribution in [0, 0.1) is 0 Å². The van der Waals surface area contributed by atoms with E-state index in [2.05, 4.69) is 22.9 Å². The Morgan fingerprint density at radius 3 is 2.89 bits per heavy atom. The largest absolute Gasteiger partial charge is 0.332 e. The SMILES string of the molecule is CC(c1nc2c(s1)CCCC2)N1CC(Br)CC1=O. The number of carbonyl (C=O) groups excluding carboxylic acids is 1. The molecule has 0 saturated carbocycles. The molecule has 2 heterocycles. The quantitative estimate of drug-likeness (QED) is 0.781. The number of halogens is 1. The number of aromatic nitrogens is 1. The minimum absolute atomic E-state index is 0.135. The minimum atomic E-state index is 0.135. The van der Waals surface area contributed by atoms with E-state index in [-0.39, 0.29) is 11.9 Å². The highest BCUT2D eigenvalue weighted by Crippen LogP contribution is 2.34. The Bertz CT molecular complexity index is 450. The molecule has 0 N–H and O–H groups in total. The van der Waals surface area contributed by atoms with Crippen LogP contribution in [-0.4, -0.2) is 27.2 Å². The van der Waals surface area contributed by atoms with Crippen LogP contribution < -0.4 is 0 Å². The van der Waals surface area contributed by atoms with E-state index in [1.807, 2.05) is 16.2 Å². The highest BCUT2D eigenvalue weighted by molar-refractivity contribution is 9.09.